The number of carbonyl (C=O) groups is 4. The molecule has 1 aromatic rings. The summed E-state index contributed by atoms with van der Waals surface area (Å²) >= 11 is 0. The van der Waals surface area contributed by atoms with Gasteiger partial charge in [-0.25, -0.2) is 13.2 Å². The summed E-state index contributed by atoms with van der Waals surface area (Å²) in [6.45, 7) is 0.722. The van der Waals surface area contributed by atoms with Crippen molar-refractivity contribution < 1.29 is 32.7 Å². The topological polar surface area (TPSA) is 250 Å². The Kier molecular flexibility index (Phi) is 15.9. The van der Waals surface area contributed by atoms with Crippen LogP contribution in [0.3, 0.4) is 0 Å². The third kappa shape index (κ3) is 14.3. The highest BCUT2D eigenvalue weighted by Crippen LogP contribution is 2.07. The molecular formula is C25H43N7O7S. The molecular weight excluding hydrogens is 542 g/mol. The molecule has 1 rings (SSSR count). The van der Waals surface area contributed by atoms with Gasteiger partial charge in [-0.2, -0.15) is 0 Å². The summed E-state index contributed by atoms with van der Waals surface area (Å²) in [6, 6.07) is -1.22. The molecule has 0 fully saturated rings. The van der Waals surface area contributed by atoms with Crippen molar-refractivity contribution in [2.75, 3.05) is 25.1 Å². The van der Waals surface area contributed by atoms with E-state index < -0.39 is 63.4 Å². The SMILES string of the molecule is CS(=O)(=O)CC[C@H](NC(=O)[C@H](CCCCN)NC(=O)[C@@H](N)Cc1cccnc1)C(=O)N[C@@H](CCCCN)C(=O)O. The fourth-order valence-electron chi connectivity index (χ4n) is 3.80. The molecule has 0 saturated carbocycles. The van der Waals surface area contributed by atoms with Crippen LogP contribution in [0.4, 0.5) is 0 Å². The summed E-state index contributed by atoms with van der Waals surface area (Å²) in [5.74, 6) is -3.89. The van der Waals surface area contributed by atoms with Gasteiger partial charge in [-0.05, 0) is 76.1 Å². The summed E-state index contributed by atoms with van der Waals surface area (Å²) in [5, 5.41) is 17.0. The van der Waals surface area contributed by atoms with Crippen molar-refractivity contribution in [1.82, 2.24) is 20.9 Å². The van der Waals surface area contributed by atoms with E-state index in [-0.39, 0.29) is 25.7 Å². The molecule has 0 aliphatic carbocycles. The van der Waals surface area contributed by atoms with Gasteiger partial charge in [0.15, 0.2) is 0 Å². The predicted molar refractivity (Wildman–Crippen MR) is 149 cm³/mol. The molecule has 0 unspecified atom stereocenters. The van der Waals surface area contributed by atoms with Crippen LogP contribution >= 0.6 is 0 Å². The van der Waals surface area contributed by atoms with Crippen molar-refractivity contribution in [3.8, 4) is 0 Å². The van der Waals surface area contributed by atoms with E-state index in [0.29, 0.717) is 38.8 Å². The van der Waals surface area contributed by atoms with Gasteiger partial charge in [0.1, 0.15) is 28.0 Å². The second-order valence-corrected chi connectivity index (χ2v) is 11.9. The van der Waals surface area contributed by atoms with Crippen LogP contribution in [0.15, 0.2) is 24.5 Å². The zero-order chi connectivity index (χ0) is 30.1. The first-order valence-electron chi connectivity index (χ1n) is 13.2. The largest absolute Gasteiger partial charge is 0.480 e. The molecule has 3 amide bonds. The lowest BCUT2D eigenvalue weighted by molar-refractivity contribution is -0.142. The first-order valence-corrected chi connectivity index (χ1v) is 15.3. The molecule has 0 aliphatic heterocycles. The number of amides is 3. The van der Waals surface area contributed by atoms with Gasteiger partial charge in [0.2, 0.25) is 17.7 Å². The minimum absolute atomic E-state index is 0.109. The Hall–Kier alpha value is -3.14. The summed E-state index contributed by atoms with van der Waals surface area (Å²) in [5.41, 5.74) is 17.8. The van der Waals surface area contributed by atoms with Gasteiger partial charge in [0.05, 0.1) is 11.8 Å². The van der Waals surface area contributed by atoms with E-state index in [1.807, 2.05) is 0 Å². The molecule has 0 aromatic carbocycles. The standard InChI is InChI=1S/C25H43N7O7S/c1-40(38,39)14-10-20(24(35)32-21(25(36)37)9-3-5-12-27)31-23(34)19(8-2-4-11-26)30-22(33)18(28)15-17-7-6-13-29-16-17/h6-7,13,16,18-21H,2-5,8-12,14-15,26-28H2,1H3,(H,30,33)(H,31,34)(H,32,35)(H,36,37)/t18-,19-,20-,21-/m0/s1. The fourth-order valence-corrected chi connectivity index (χ4v) is 4.47. The number of hydrogen-bond acceptors (Lipinski definition) is 10. The fraction of sp³-hybridized carbons (Fsp3) is 0.640. The van der Waals surface area contributed by atoms with Crippen molar-refractivity contribution >= 4 is 33.5 Å². The van der Waals surface area contributed by atoms with Crippen molar-refractivity contribution in [1.29, 1.82) is 0 Å². The van der Waals surface area contributed by atoms with Gasteiger partial charge in [-0.1, -0.05) is 6.07 Å². The Morgan fingerprint density at radius 1 is 0.875 bits per heavy atom. The average Bonchev–Trinajstić information content (AvgIpc) is 2.89. The van der Waals surface area contributed by atoms with Crippen LogP contribution in [-0.2, 0) is 35.4 Å². The number of sulfone groups is 1. The van der Waals surface area contributed by atoms with Crippen LogP contribution in [0, 0.1) is 0 Å². The number of hydrogen-bond donors (Lipinski definition) is 7. The highest BCUT2D eigenvalue weighted by molar-refractivity contribution is 7.90. The third-order valence-electron chi connectivity index (χ3n) is 6.07. The highest BCUT2D eigenvalue weighted by atomic mass is 32.2. The van der Waals surface area contributed by atoms with Crippen LogP contribution in [-0.4, -0.2) is 91.5 Å². The van der Waals surface area contributed by atoms with E-state index in [1.165, 1.54) is 0 Å². The van der Waals surface area contributed by atoms with E-state index in [9.17, 15) is 32.7 Å². The van der Waals surface area contributed by atoms with Gasteiger partial charge in [0, 0.05) is 18.6 Å². The van der Waals surface area contributed by atoms with E-state index >= 15 is 0 Å². The number of pyridine rings is 1. The molecule has 0 aliphatic rings. The van der Waals surface area contributed by atoms with Crippen LogP contribution in [0.2, 0.25) is 0 Å². The van der Waals surface area contributed by atoms with Crippen molar-refractivity contribution in [3.05, 3.63) is 30.1 Å². The smallest absolute Gasteiger partial charge is 0.326 e. The molecule has 1 aromatic heterocycles. The monoisotopic (exact) mass is 585 g/mol. The lowest BCUT2D eigenvalue weighted by Gasteiger charge is -2.25. The first kappa shape index (κ1) is 34.9. The Labute approximate surface area is 235 Å². The van der Waals surface area contributed by atoms with Crippen LogP contribution in [0.5, 0.6) is 0 Å². The number of carboxylic acids is 1. The third-order valence-corrected chi connectivity index (χ3v) is 7.04. The lowest BCUT2D eigenvalue weighted by atomic mass is 10.0. The molecule has 226 valence electrons. The molecule has 40 heavy (non-hydrogen) atoms. The summed E-state index contributed by atoms with van der Waals surface area (Å²) in [7, 11) is -3.52. The van der Waals surface area contributed by atoms with Crippen LogP contribution in [0.25, 0.3) is 0 Å². The zero-order valence-electron chi connectivity index (χ0n) is 22.9. The number of nitrogens with zero attached hydrogens (tertiary/aromatic N) is 1. The summed E-state index contributed by atoms with van der Waals surface area (Å²) in [6.07, 6.45) is 6.37. The maximum Gasteiger partial charge on any atom is 0.326 e. The Morgan fingerprint density at radius 3 is 1.90 bits per heavy atom. The van der Waals surface area contributed by atoms with Gasteiger partial charge in [0.25, 0.3) is 0 Å². The molecule has 0 spiro atoms. The summed E-state index contributed by atoms with van der Waals surface area (Å²) < 4.78 is 23.6. The van der Waals surface area contributed by atoms with Crippen LogP contribution < -0.4 is 33.2 Å². The minimum atomic E-state index is -3.52. The number of aliphatic carboxylic acids is 1. The maximum atomic E-state index is 13.3. The average molecular weight is 586 g/mol. The predicted octanol–water partition coefficient (Wildman–Crippen LogP) is -1.82. The van der Waals surface area contributed by atoms with Gasteiger partial charge in [-0.15, -0.1) is 0 Å². The van der Waals surface area contributed by atoms with Crippen molar-refractivity contribution in [2.24, 2.45) is 17.2 Å². The highest BCUT2D eigenvalue weighted by Gasteiger charge is 2.30. The van der Waals surface area contributed by atoms with E-state index in [0.717, 1.165) is 11.8 Å². The van der Waals surface area contributed by atoms with Gasteiger partial charge in [-0.3, -0.25) is 19.4 Å². The Morgan fingerprint density at radius 2 is 1.40 bits per heavy atom. The lowest BCUT2D eigenvalue weighted by Crippen LogP contribution is -2.57. The number of unbranched alkanes of at least 4 members (excludes halogenated alkanes) is 2. The molecule has 1 heterocycles. The number of carbonyl (C=O) groups excluding carboxylic acids is 3. The molecule has 15 heteroatoms. The number of aromatic nitrogens is 1. The zero-order valence-corrected chi connectivity index (χ0v) is 23.7. The van der Waals surface area contributed by atoms with Crippen LogP contribution in [0.1, 0.15) is 50.5 Å². The quantitative estimate of drug-likeness (QED) is 0.0839. The van der Waals surface area contributed by atoms with Gasteiger partial charge >= 0.3 is 5.97 Å². The van der Waals surface area contributed by atoms with Crippen molar-refractivity contribution in [3.63, 3.8) is 0 Å². The molecule has 0 saturated heterocycles. The Balaban J connectivity index is 3.04. The number of nitrogens with one attached hydrogen (secondary N) is 3. The normalized spacial score (nSPS) is 14.4. The molecule has 4 atom stereocenters. The molecule has 10 N–H and O–H groups in total. The van der Waals surface area contributed by atoms with E-state index in [1.54, 1.807) is 24.5 Å². The first-order chi connectivity index (χ1) is 18.9. The number of carboxylic acid groups (broad SMARTS) is 1. The van der Waals surface area contributed by atoms with E-state index in [2.05, 4.69) is 20.9 Å². The second kappa shape index (κ2) is 18.3. The molecule has 0 bridgehead atoms. The molecule has 0 radical (unpaired) electrons. The van der Waals surface area contributed by atoms with E-state index in [4.69, 9.17) is 17.2 Å². The minimum Gasteiger partial charge on any atom is -0.480 e. The van der Waals surface area contributed by atoms with Gasteiger partial charge < -0.3 is 38.3 Å². The Bertz CT molecular complexity index is 1060. The summed E-state index contributed by atoms with van der Waals surface area (Å²) in [4.78, 5) is 54.7. The maximum absolute atomic E-state index is 13.3. The second-order valence-electron chi connectivity index (χ2n) is 9.68. The number of nitrogens with two attached hydrogens (primary N) is 3. The number of rotatable bonds is 20. The van der Waals surface area contributed by atoms with Crippen molar-refractivity contribution in [2.45, 2.75) is 75.5 Å². The molecule has 14 nitrogen and oxygen atoms in total.